The van der Waals surface area contributed by atoms with Crippen LogP contribution < -0.4 is 5.73 Å². The first kappa shape index (κ1) is 14.0. The molecular weight excluding hydrogens is 238 g/mol. The molecule has 1 heterocycles. The number of nitrogens with two attached hydrogens (primary N) is 1. The van der Waals surface area contributed by atoms with Gasteiger partial charge in [-0.05, 0) is 18.5 Å². The van der Waals surface area contributed by atoms with Gasteiger partial charge in [0.2, 0.25) is 5.91 Å². The summed E-state index contributed by atoms with van der Waals surface area (Å²) in [5.41, 5.74) is 6.75. The number of carbonyl (C=O) groups is 1. The number of rotatable bonds is 5. The minimum absolute atomic E-state index is 0.0678. The summed E-state index contributed by atoms with van der Waals surface area (Å²) in [7, 11) is 0. The van der Waals surface area contributed by atoms with Gasteiger partial charge in [-0.2, -0.15) is 0 Å². The maximum absolute atomic E-state index is 11.6. The summed E-state index contributed by atoms with van der Waals surface area (Å²) in [6.07, 6.45) is 1.05. The fraction of sp³-hybridized carbons (Fsp3) is 0.533. The Labute approximate surface area is 115 Å². The van der Waals surface area contributed by atoms with Crippen LogP contribution >= 0.6 is 0 Å². The maximum atomic E-state index is 11.6. The van der Waals surface area contributed by atoms with Gasteiger partial charge in [0, 0.05) is 25.7 Å². The Balaban J connectivity index is 1.94. The summed E-state index contributed by atoms with van der Waals surface area (Å²) in [5.74, 6) is 0.0678. The molecule has 1 aromatic carbocycles. The van der Waals surface area contributed by atoms with Crippen molar-refractivity contribution in [3.05, 3.63) is 35.9 Å². The first-order chi connectivity index (χ1) is 9.24. The Morgan fingerprint density at radius 2 is 2.16 bits per heavy atom. The predicted molar refractivity (Wildman–Crippen MR) is 76.6 cm³/mol. The first-order valence-corrected chi connectivity index (χ1v) is 7.00. The van der Waals surface area contributed by atoms with Crippen LogP contribution in [-0.2, 0) is 11.3 Å². The third-order valence-electron chi connectivity index (χ3n) is 3.84. The lowest BCUT2D eigenvalue weighted by Gasteiger charge is -2.27. The van der Waals surface area contributed by atoms with Gasteiger partial charge >= 0.3 is 0 Å². The van der Waals surface area contributed by atoms with E-state index in [1.165, 1.54) is 5.56 Å². The van der Waals surface area contributed by atoms with Crippen LogP contribution in [0.5, 0.6) is 0 Å². The van der Waals surface area contributed by atoms with Gasteiger partial charge in [-0.3, -0.25) is 9.69 Å². The highest BCUT2D eigenvalue weighted by molar-refractivity contribution is 5.78. The second kappa shape index (κ2) is 6.68. The average Bonchev–Trinajstić information content (AvgIpc) is 2.94. The molecule has 1 saturated heterocycles. The van der Waals surface area contributed by atoms with E-state index in [1.807, 2.05) is 11.0 Å². The number of nitrogens with zero attached hydrogens (tertiary/aromatic N) is 2. The molecule has 1 aliphatic heterocycles. The number of carbonyl (C=O) groups excluding carboxylic acids is 1. The monoisotopic (exact) mass is 261 g/mol. The van der Waals surface area contributed by atoms with E-state index in [9.17, 15) is 4.79 Å². The fourth-order valence-corrected chi connectivity index (χ4v) is 2.71. The number of likely N-dealkylation sites (N-methyl/N-ethyl adjacent to an activating group) is 1. The number of benzene rings is 1. The fourth-order valence-electron chi connectivity index (χ4n) is 2.71. The zero-order valence-electron chi connectivity index (χ0n) is 11.6. The average molecular weight is 261 g/mol. The van der Waals surface area contributed by atoms with Crippen LogP contribution in [-0.4, -0.2) is 47.9 Å². The second-order valence-electron chi connectivity index (χ2n) is 5.04. The van der Waals surface area contributed by atoms with E-state index in [0.29, 0.717) is 6.04 Å². The molecule has 1 atom stereocenters. The van der Waals surface area contributed by atoms with Crippen LogP contribution in [0.15, 0.2) is 30.3 Å². The van der Waals surface area contributed by atoms with Crippen molar-refractivity contribution in [2.75, 3.05) is 26.2 Å². The smallest absolute Gasteiger partial charge is 0.236 e. The molecule has 0 aliphatic carbocycles. The largest absolute Gasteiger partial charge is 0.340 e. The predicted octanol–water partition coefficient (Wildman–Crippen LogP) is 1.07. The molecule has 2 rings (SSSR count). The van der Waals surface area contributed by atoms with E-state index in [4.69, 9.17) is 5.73 Å². The number of amides is 1. The molecule has 1 aromatic rings. The van der Waals surface area contributed by atoms with Crippen LogP contribution in [0.1, 0.15) is 18.9 Å². The summed E-state index contributed by atoms with van der Waals surface area (Å²) < 4.78 is 0. The van der Waals surface area contributed by atoms with E-state index in [0.717, 1.165) is 32.6 Å². The van der Waals surface area contributed by atoms with Crippen molar-refractivity contribution >= 4 is 5.91 Å². The van der Waals surface area contributed by atoms with Gasteiger partial charge in [0.25, 0.3) is 0 Å². The first-order valence-electron chi connectivity index (χ1n) is 7.00. The normalized spacial score (nSPS) is 19.1. The highest BCUT2D eigenvalue weighted by atomic mass is 16.2. The van der Waals surface area contributed by atoms with Crippen LogP contribution in [0.4, 0.5) is 0 Å². The molecule has 0 bridgehead atoms. The summed E-state index contributed by atoms with van der Waals surface area (Å²) in [6, 6.07) is 10.9. The quantitative estimate of drug-likeness (QED) is 0.862. The molecule has 104 valence electrons. The molecule has 0 aromatic heterocycles. The molecule has 1 amide bonds. The van der Waals surface area contributed by atoms with Crippen molar-refractivity contribution in [1.29, 1.82) is 0 Å². The zero-order chi connectivity index (χ0) is 13.7. The van der Waals surface area contributed by atoms with Crippen molar-refractivity contribution in [2.24, 2.45) is 5.73 Å². The van der Waals surface area contributed by atoms with Gasteiger partial charge < -0.3 is 10.6 Å². The molecule has 2 N–H and O–H groups in total. The van der Waals surface area contributed by atoms with E-state index in [-0.39, 0.29) is 12.5 Å². The number of likely N-dealkylation sites (tertiary alicyclic amines) is 1. The Kier molecular flexibility index (Phi) is 4.93. The van der Waals surface area contributed by atoms with Gasteiger partial charge in [-0.1, -0.05) is 37.3 Å². The lowest BCUT2D eigenvalue weighted by atomic mass is 10.1. The summed E-state index contributed by atoms with van der Waals surface area (Å²) in [5, 5.41) is 0. The van der Waals surface area contributed by atoms with Crippen molar-refractivity contribution in [3.8, 4) is 0 Å². The molecule has 4 heteroatoms. The molecule has 1 aliphatic rings. The Morgan fingerprint density at radius 3 is 2.79 bits per heavy atom. The molecule has 0 unspecified atom stereocenters. The van der Waals surface area contributed by atoms with Gasteiger partial charge in [0.15, 0.2) is 0 Å². The number of hydrogen-bond acceptors (Lipinski definition) is 3. The lowest BCUT2D eigenvalue weighted by Crippen LogP contribution is -2.40. The van der Waals surface area contributed by atoms with Crippen molar-refractivity contribution in [3.63, 3.8) is 0 Å². The van der Waals surface area contributed by atoms with Crippen LogP contribution in [0.2, 0.25) is 0 Å². The minimum Gasteiger partial charge on any atom is -0.340 e. The molecule has 0 spiro atoms. The van der Waals surface area contributed by atoms with Crippen LogP contribution in [0, 0.1) is 0 Å². The zero-order valence-corrected chi connectivity index (χ0v) is 11.6. The molecule has 0 radical (unpaired) electrons. The second-order valence-corrected chi connectivity index (χ2v) is 5.04. The third-order valence-corrected chi connectivity index (χ3v) is 3.84. The SMILES string of the molecule is CCN(Cc1ccccc1)[C@H]1CCN(C(=O)CN)C1. The molecule has 19 heavy (non-hydrogen) atoms. The topological polar surface area (TPSA) is 49.6 Å². The Morgan fingerprint density at radius 1 is 1.42 bits per heavy atom. The van der Waals surface area contributed by atoms with Gasteiger partial charge in [0.1, 0.15) is 0 Å². The van der Waals surface area contributed by atoms with Gasteiger partial charge in [-0.15, -0.1) is 0 Å². The third kappa shape index (κ3) is 3.55. The summed E-state index contributed by atoms with van der Waals surface area (Å²) >= 11 is 0. The Hall–Kier alpha value is -1.39. The van der Waals surface area contributed by atoms with Crippen LogP contribution in [0.3, 0.4) is 0 Å². The highest BCUT2D eigenvalue weighted by Crippen LogP contribution is 2.18. The van der Waals surface area contributed by atoms with E-state index >= 15 is 0 Å². The minimum atomic E-state index is 0.0678. The van der Waals surface area contributed by atoms with Gasteiger partial charge in [0.05, 0.1) is 6.54 Å². The molecule has 1 fully saturated rings. The van der Waals surface area contributed by atoms with Crippen LogP contribution in [0.25, 0.3) is 0 Å². The molecular formula is C15H23N3O. The molecule has 0 saturated carbocycles. The summed E-state index contributed by atoms with van der Waals surface area (Å²) in [4.78, 5) is 15.9. The van der Waals surface area contributed by atoms with Crippen molar-refractivity contribution in [1.82, 2.24) is 9.80 Å². The van der Waals surface area contributed by atoms with E-state index < -0.39 is 0 Å². The van der Waals surface area contributed by atoms with E-state index in [1.54, 1.807) is 0 Å². The van der Waals surface area contributed by atoms with E-state index in [2.05, 4.69) is 36.1 Å². The Bertz CT molecular complexity index is 407. The highest BCUT2D eigenvalue weighted by Gasteiger charge is 2.28. The van der Waals surface area contributed by atoms with Crippen molar-refractivity contribution < 1.29 is 4.79 Å². The van der Waals surface area contributed by atoms with Crippen molar-refractivity contribution in [2.45, 2.75) is 25.9 Å². The number of hydrogen-bond donors (Lipinski definition) is 1. The van der Waals surface area contributed by atoms with Gasteiger partial charge in [-0.25, -0.2) is 0 Å². The summed E-state index contributed by atoms with van der Waals surface area (Å²) in [6.45, 7) is 5.91. The standard InChI is InChI=1S/C15H23N3O/c1-2-17(11-13-6-4-3-5-7-13)14-8-9-18(12-14)15(19)10-16/h3-7,14H,2,8-12,16H2,1H3/t14-/m0/s1. The maximum Gasteiger partial charge on any atom is 0.236 e. The lowest BCUT2D eigenvalue weighted by molar-refractivity contribution is -0.128. The molecule has 4 nitrogen and oxygen atoms in total.